The minimum atomic E-state index is -4.04. The molecule has 1 rings (SSSR count). The van der Waals surface area contributed by atoms with Crippen molar-refractivity contribution in [2.24, 2.45) is 0 Å². The highest BCUT2D eigenvalue weighted by molar-refractivity contribution is 7.89. The standard InChI is InChI=1S/C12H15FN2O3S/c1-3-12(2,16)8-15-19(17,18)11-6-4-5-10(13)9(11)7-14/h4-6,15-16H,3,8H2,1-2H3. The van der Waals surface area contributed by atoms with E-state index in [1.807, 2.05) is 0 Å². The summed E-state index contributed by atoms with van der Waals surface area (Å²) in [5.74, 6) is -0.896. The molecule has 0 bridgehead atoms. The third-order valence-electron chi connectivity index (χ3n) is 2.78. The Labute approximate surface area is 111 Å². The Morgan fingerprint density at radius 3 is 2.68 bits per heavy atom. The van der Waals surface area contributed by atoms with Gasteiger partial charge in [-0.25, -0.2) is 17.5 Å². The van der Waals surface area contributed by atoms with E-state index in [0.717, 1.165) is 12.1 Å². The van der Waals surface area contributed by atoms with Crippen molar-refractivity contribution in [2.75, 3.05) is 6.54 Å². The number of nitriles is 1. The zero-order chi connectivity index (χ0) is 14.7. The fourth-order valence-corrected chi connectivity index (χ4v) is 2.62. The van der Waals surface area contributed by atoms with E-state index < -0.39 is 31.9 Å². The Kier molecular flexibility index (Phi) is 4.63. The van der Waals surface area contributed by atoms with Crippen molar-refractivity contribution >= 4 is 10.0 Å². The average molecular weight is 286 g/mol. The monoisotopic (exact) mass is 286 g/mol. The Bertz CT molecular complexity index is 606. The van der Waals surface area contributed by atoms with Crippen LogP contribution in [0.2, 0.25) is 0 Å². The van der Waals surface area contributed by atoms with Crippen LogP contribution >= 0.6 is 0 Å². The maximum absolute atomic E-state index is 13.4. The van der Waals surface area contributed by atoms with E-state index in [1.165, 1.54) is 19.1 Å². The summed E-state index contributed by atoms with van der Waals surface area (Å²) in [6.45, 7) is 2.97. The molecule has 0 amide bonds. The number of hydrogen-bond acceptors (Lipinski definition) is 4. The molecule has 0 fully saturated rings. The van der Waals surface area contributed by atoms with Crippen molar-refractivity contribution in [1.82, 2.24) is 4.72 Å². The van der Waals surface area contributed by atoms with Crippen molar-refractivity contribution in [3.63, 3.8) is 0 Å². The maximum atomic E-state index is 13.4. The number of aliphatic hydroxyl groups is 1. The van der Waals surface area contributed by atoms with E-state index in [0.29, 0.717) is 6.42 Å². The molecular formula is C12H15FN2O3S. The third-order valence-corrected chi connectivity index (χ3v) is 4.23. The summed E-state index contributed by atoms with van der Waals surface area (Å²) >= 11 is 0. The molecule has 0 aromatic heterocycles. The molecule has 0 saturated heterocycles. The number of sulfonamides is 1. The van der Waals surface area contributed by atoms with Crippen LogP contribution in [0.4, 0.5) is 4.39 Å². The number of rotatable bonds is 5. The van der Waals surface area contributed by atoms with Gasteiger partial charge in [0.15, 0.2) is 0 Å². The van der Waals surface area contributed by atoms with Crippen LogP contribution in [0.5, 0.6) is 0 Å². The predicted molar refractivity (Wildman–Crippen MR) is 67.2 cm³/mol. The first-order valence-corrected chi connectivity index (χ1v) is 7.12. The van der Waals surface area contributed by atoms with Gasteiger partial charge in [-0.15, -0.1) is 0 Å². The van der Waals surface area contributed by atoms with Gasteiger partial charge in [0.1, 0.15) is 22.3 Å². The molecule has 0 radical (unpaired) electrons. The van der Waals surface area contributed by atoms with Crippen molar-refractivity contribution < 1.29 is 17.9 Å². The number of benzene rings is 1. The lowest BCUT2D eigenvalue weighted by Gasteiger charge is -2.21. The molecule has 5 nitrogen and oxygen atoms in total. The Morgan fingerprint density at radius 2 is 2.16 bits per heavy atom. The van der Waals surface area contributed by atoms with Gasteiger partial charge in [-0.3, -0.25) is 0 Å². The lowest BCUT2D eigenvalue weighted by molar-refractivity contribution is 0.0613. The first-order valence-electron chi connectivity index (χ1n) is 5.64. The molecule has 0 heterocycles. The van der Waals surface area contributed by atoms with Gasteiger partial charge in [0, 0.05) is 6.54 Å². The van der Waals surface area contributed by atoms with E-state index in [4.69, 9.17) is 5.26 Å². The summed E-state index contributed by atoms with van der Waals surface area (Å²) in [4.78, 5) is -0.429. The van der Waals surface area contributed by atoms with Crippen LogP contribution in [0.3, 0.4) is 0 Å². The highest BCUT2D eigenvalue weighted by Crippen LogP contribution is 2.18. The largest absolute Gasteiger partial charge is 0.389 e. The summed E-state index contributed by atoms with van der Waals surface area (Å²) in [6.07, 6.45) is 0.351. The maximum Gasteiger partial charge on any atom is 0.242 e. The predicted octanol–water partition coefficient (Wildman–Crippen LogP) is 1.14. The lowest BCUT2D eigenvalue weighted by Crippen LogP contribution is -2.40. The molecule has 1 unspecified atom stereocenters. The first kappa shape index (κ1) is 15.6. The van der Waals surface area contributed by atoms with Crippen LogP contribution in [-0.4, -0.2) is 25.7 Å². The van der Waals surface area contributed by atoms with Crippen LogP contribution in [0, 0.1) is 17.1 Å². The molecule has 0 aliphatic carbocycles. The van der Waals surface area contributed by atoms with Crippen molar-refractivity contribution in [1.29, 1.82) is 5.26 Å². The van der Waals surface area contributed by atoms with Crippen LogP contribution in [0.15, 0.2) is 23.1 Å². The summed E-state index contributed by atoms with van der Waals surface area (Å²) in [5.41, 5.74) is -1.74. The second-order valence-corrected chi connectivity index (χ2v) is 6.14. The highest BCUT2D eigenvalue weighted by Gasteiger charge is 2.25. The molecule has 0 aliphatic heterocycles. The fourth-order valence-electron chi connectivity index (χ4n) is 1.29. The van der Waals surface area contributed by atoms with Gasteiger partial charge in [-0.2, -0.15) is 5.26 Å². The molecule has 104 valence electrons. The topological polar surface area (TPSA) is 90.2 Å². The van der Waals surface area contributed by atoms with Crippen LogP contribution < -0.4 is 4.72 Å². The first-order chi connectivity index (χ1) is 8.73. The van der Waals surface area contributed by atoms with Gasteiger partial charge in [0.05, 0.1) is 5.60 Å². The van der Waals surface area contributed by atoms with E-state index in [9.17, 15) is 17.9 Å². The second-order valence-electron chi connectivity index (χ2n) is 4.40. The number of hydrogen-bond donors (Lipinski definition) is 2. The van der Waals surface area contributed by atoms with Gasteiger partial charge in [-0.1, -0.05) is 13.0 Å². The van der Waals surface area contributed by atoms with Gasteiger partial charge >= 0.3 is 0 Å². The SMILES string of the molecule is CCC(C)(O)CNS(=O)(=O)c1cccc(F)c1C#N. The molecule has 19 heavy (non-hydrogen) atoms. The number of nitrogens with one attached hydrogen (secondary N) is 1. The fraction of sp³-hybridized carbons (Fsp3) is 0.417. The average Bonchev–Trinajstić information content (AvgIpc) is 2.36. The molecule has 1 aromatic rings. The van der Waals surface area contributed by atoms with E-state index in [1.54, 1.807) is 6.92 Å². The summed E-state index contributed by atoms with van der Waals surface area (Å²) in [7, 11) is -4.04. The van der Waals surface area contributed by atoms with Gasteiger partial charge in [-0.05, 0) is 25.5 Å². The zero-order valence-corrected chi connectivity index (χ0v) is 11.5. The smallest absolute Gasteiger partial charge is 0.242 e. The number of nitrogens with zero attached hydrogens (tertiary/aromatic N) is 1. The van der Waals surface area contributed by atoms with Crippen molar-refractivity contribution in [2.45, 2.75) is 30.8 Å². The molecule has 0 spiro atoms. The minimum Gasteiger partial charge on any atom is -0.389 e. The van der Waals surface area contributed by atoms with E-state index in [2.05, 4.69) is 4.72 Å². The quantitative estimate of drug-likeness (QED) is 0.849. The normalized spacial score (nSPS) is 14.7. The van der Waals surface area contributed by atoms with Crippen LogP contribution in [0.1, 0.15) is 25.8 Å². The Morgan fingerprint density at radius 1 is 1.53 bits per heavy atom. The van der Waals surface area contributed by atoms with Crippen LogP contribution in [-0.2, 0) is 10.0 Å². The van der Waals surface area contributed by atoms with Gasteiger partial charge < -0.3 is 5.11 Å². The van der Waals surface area contributed by atoms with Crippen LogP contribution in [0.25, 0.3) is 0 Å². The zero-order valence-electron chi connectivity index (χ0n) is 10.6. The third kappa shape index (κ3) is 3.73. The molecule has 1 atom stereocenters. The van der Waals surface area contributed by atoms with Crippen molar-refractivity contribution in [3.8, 4) is 6.07 Å². The Balaban J connectivity index is 3.10. The highest BCUT2D eigenvalue weighted by atomic mass is 32.2. The van der Waals surface area contributed by atoms with Gasteiger partial charge in [0.25, 0.3) is 0 Å². The van der Waals surface area contributed by atoms with E-state index >= 15 is 0 Å². The summed E-state index contributed by atoms with van der Waals surface area (Å²) in [6, 6.07) is 4.89. The summed E-state index contributed by atoms with van der Waals surface area (Å²) < 4.78 is 39.5. The minimum absolute atomic E-state index is 0.215. The summed E-state index contributed by atoms with van der Waals surface area (Å²) in [5, 5.41) is 18.6. The lowest BCUT2D eigenvalue weighted by atomic mass is 10.1. The second kappa shape index (κ2) is 5.65. The molecule has 2 N–H and O–H groups in total. The molecule has 1 aromatic carbocycles. The van der Waals surface area contributed by atoms with Crippen molar-refractivity contribution in [3.05, 3.63) is 29.6 Å². The number of halogens is 1. The molecule has 0 saturated carbocycles. The molecule has 0 aliphatic rings. The Hall–Kier alpha value is -1.49. The molecule has 7 heteroatoms. The molecular weight excluding hydrogens is 271 g/mol. The van der Waals surface area contributed by atoms with E-state index in [-0.39, 0.29) is 6.54 Å². The van der Waals surface area contributed by atoms with Gasteiger partial charge in [0.2, 0.25) is 10.0 Å².